The van der Waals surface area contributed by atoms with Crippen LogP contribution in [-0.4, -0.2) is 46.0 Å². The highest BCUT2D eigenvalue weighted by atomic mass is 32.2. The van der Waals surface area contributed by atoms with E-state index >= 15 is 0 Å². The minimum absolute atomic E-state index is 0.0916. The zero-order valence-electron chi connectivity index (χ0n) is 19.2. The fourth-order valence-electron chi connectivity index (χ4n) is 5.16. The Balaban J connectivity index is 1.41. The molecule has 0 bridgehead atoms. The molecule has 5 nitrogen and oxygen atoms in total. The van der Waals surface area contributed by atoms with Crippen molar-refractivity contribution in [3.63, 3.8) is 0 Å². The molecule has 9 heteroatoms. The summed E-state index contributed by atoms with van der Waals surface area (Å²) in [5, 5.41) is 0. The predicted octanol–water partition coefficient (Wildman–Crippen LogP) is 4.94. The van der Waals surface area contributed by atoms with Gasteiger partial charge in [-0.15, -0.1) is 0 Å². The molecule has 1 saturated heterocycles. The van der Waals surface area contributed by atoms with Crippen molar-refractivity contribution in [1.29, 1.82) is 0 Å². The Labute approximate surface area is 199 Å². The van der Waals surface area contributed by atoms with Gasteiger partial charge in [-0.1, -0.05) is 30.3 Å². The van der Waals surface area contributed by atoms with Gasteiger partial charge in [0.05, 0.1) is 30.6 Å². The molecule has 1 aliphatic carbocycles. The van der Waals surface area contributed by atoms with Gasteiger partial charge in [0.15, 0.2) is 0 Å². The Bertz CT molecular complexity index is 1040. The van der Waals surface area contributed by atoms with Crippen LogP contribution in [-0.2, 0) is 20.9 Å². The molecule has 1 aliphatic heterocycles. The monoisotopic (exact) mass is 496 g/mol. The average molecular weight is 497 g/mol. The molecular weight excluding hydrogens is 465 g/mol. The molecule has 0 radical (unpaired) electrons. The average Bonchev–Trinajstić information content (AvgIpc) is 3.19. The number of benzene rings is 2. The van der Waals surface area contributed by atoms with Gasteiger partial charge in [-0.25, -0.2) is 13.1 Å². The van der Waals surface area contributed by atoms with E-state index in [0.717, 1.165) is 44.1 Å². The summed E-state index contributed by atoms with van der Waals surface area (Å²) in [5.74, 6) is 0.524. The maximum atomic E-state index is 13.0. The number of nitrogens with one attached hydrogen (secondary N) is 1. The molecule has 1 heterocycles. The van der Waals surface area contributed by atoms with Crippen molar-refractivity contribution < 1.29 is 26.3 Å². The lowest BCUT2D eigenvalue weighted by Gasteiger charge is -2.34. The summed E-state index contributed by atoms with van der Waals surface area (Å²) in [5.41, 5.74) is 1.28. The summed E-state index contributed by atoms with van der Waals surface area (Å²) >= 11 is 0. The van der Waals surface area contributed by atoms with Crippen molar-refractivity contribution in [3.8, 4) is 0 Å². The zero-order chi connectivity index (χ0) is 24.3. The zero-order valence-corrected chi connectivity index (χ0v) is 20.0. The minimum atomic E-state index is -4.40. The highest BCUT2D eigenvalue weighted by Gasteiger charge is 2.37. The Morgan fingerprint density at radius 3 is 2.21 bits per heavy atom. The number of hydrogen-bond acceptors (Lipinski definition) is 4. The Kier molecular flexibility index (Phi) is 7.54. The van der Waals surface area contributed by atoms with E-state index in [9.17, 15) is 21.6 Å². The molecule has 0 unspecified atom stereocenters. The van der Waals surface area contributed by atoms with Crippen LogP contribution >= 0.6 is 0 Å². The lowest BCUT2D eigenvalue weighted by atomic mass is 9.83. The molecule has 2 aliphatic rings. The van der Waals surface area contributed by atoms with Gasteiger partial charge in [-0.3, -0.25) is 0 Å². The van der Waals surface area contributed by atoms with Gasteiger partial charge in [-0.2, -0.15) is 13.2 Å². The minimum Gasteiger partial charge on any atom is -0.376 e. The molecule has 2 aromatic carbocycles. The first-order valence-electron chi connectivity index (χ1n) is 11.7. The van der Waals surface area contributed by atoms with Gasteiger partial charge in [0, 0.05) is 18.3 Å². The molecule has 34 heavy (non-hydrogen) atoms. The summed E-state index contributed by atoms with van der Waals surface area (Å²) in [6.45, 7) is 0.849. The van der Waals surface area contributed by atoms with E-state index in [-0.39, 0.29) is 18.2 Å². The number of nitrogens with zero attached hydrogens (tertiary/aromatic N) is 1. The Hall–Kier alpha value is -2.10. The van der Waals surface area contributed by atoms with E-state index in [1.165, 1.54) is 17.7 Å². The molecule has 2 atom stereocenters. The number of ether oxygens (including phenoxy) is 1. The van der Waals surface area contributed by atoms with Gasteiger partial charge in [0.1, 0.15) is 0 Å². The van der Waals surface area contributed by atoms with Crippen LogP contribution in [0.2, 0.25) is 0 Å². The molecule has 2 aromatic rings. The standard InChI is InChI=1S/C25H31F3N2O3S/c1-34(31,32)29-23-15-16-30(21-11-9-20(10-12-21)25(26,27)28)24(23)17-33-22-13-7-19(8-14-22)18-5-3-2-4-6-18/h2-6,9-12,19,22-24,29H,7-8,13-17H2,1H3/t19-,22+,23-,24-/m0/s1. The van der Waals surface area contributed by atoms with Crippen LogP contribution in [0.15, 0.2) is 54.6 Å². The van der Waals surface area contributed by atoms with Crippen LogP contribution in [0.4, 0.5) is 18.9 Å². The van der Waals surface area contributed by atoms with E-state index in [0.29, 0.717) is 31.2 Å². The molecule has 1 saturated carbocycles. The molecule has 1 N–H and O–H groups in total. The maximum Gasteiger partial charge on any atom is 0.416 e. The predicted molar refractivity (Wildman–Crippen MR) is 126 cm³/mol. The summed E-state index contributed by atoms with van der Waals surface area (Å²) < 4.78 is 71.7. The van der Waals surface area contributed by atoms with Gasteiger partial charge >= 0.3 is 6.18 Å². The smallest absolute Gasteiger partial charge is 0.376 e. The fourth-order valence-corrected chi connectivity index (χ4v) is 5.98. The van der Waals surface area contributed by atoms with E-state index in [1.54, 1.807) is 0 Å². The van der Waals surface area contributed by atoms with Crippen molar-refractivity contribution in [1.82, 2.24) is 4.72 Å². The van der Waals surface area contributed by atoms with Gasteiger partial charge < -0.3 is 9.64 Å². The lowest BCUT2D eigenvalue weighted by molar-refractivity contribution is -0.137. The molecule has 0 amide bonds. The van der Waals surface area contributed by atoms with Crippen molar-refractivity contribution in [3.05, 3.63) is 65.7 Å². The SMILES string of the molecule is CS(=O)(=O)N[C@H]1CCN(c2ccc(C(F)(F)F)cc2)[C@H]1CO[C@H]1CC[C@@H](c2ccccc2)CC1. The molecule has 186 valence electrons. The summed E-state index contributed by atoms with van der Waals surface area (Å²) in [4.78, 5) is 1.96. The van der Waals surface area contributed by atoms with E-state index in [2.05, 4.69) is 29.0 Å². The number of anilines is 1. The third-order valence-electron chi connectivity index (χ3n) is 6.89. The number of hydrogen-bond donors (Lipinski definition) is 1. The Morgan fingerprint density at radius 2 is 1.62 bits per heavy atom. The fraction of sp³-hybridized carbons (Fsp3) is 0.520. The second kappa shape index (κ2) is 10.3. The summed E-state index contributed by atoms with van der Waals surface area (Å²) in [7, 11) is -3.43. The highest BCUT2D eigenvalue weighted by Crippen LogP contribution is 2.35. The number of halogens is 3. The number of rotatable bonds is 7. The number of sulfonamides is 1. The normalized spacial score (nSPS) is 26.1. The second-order valence-corrected chi connectivity index (χ2v) is 11.1. The Morgan fingerprint density at radius 1 is 0.971 bits per heavy atom. The van der Waals surface area contributed by atoms with Crippen molar-refractivity contribution in [2.24, 2.45) is 0 Å². The van der Waals surface area contributed by atoms with Crippen molar-refractivity contribution in [2.45, 2.75) is 62.4 Å². The van der Waals surface area contributed by atoms with Gasteiger partial charge in [-0.05, 0) is 67.9 Å². The molecular formula is C25H31F3N2O3S. The van der Waals surface area contributed by atoms with Crippen molar-refractivity contribution >= 4 is 15.7 Å². The largest absolute Gasteiger partial charge is 0.416 e. The second-order valence-electron chi connectivity index (χ2n) is 9.31. The topological polar surface area (TPSA) is 58.6 Å². The first-order chi connectivity index (χ1) is 16.1. The quantitative estimate of drug-likeness (QED) is 0.590. The highest BCUT2D eigenvalue weighted by molar-refractivity contribution is 7.88. The van der Waals surface area contributed by atoms with Gasteiger partial charge in [0.25, 0.3) is 0 Å². The van der Waals surface area contributed by atoms with Crippen molar-refractivity contribution in [2.75, 3.05) is 24.3 Å². The molecule has 4 rings (SSSR count). The van der Waals surface area contributed by atoms with Crippen LogP contribution in [0.25, 0.3) is 0 Å². The molecule has 0 spiro atoms. The van der Waals surface area contributed by atoms with Crippen LogP contribution in [0.5, 0.6) is 0 Å². The first kappa shape index (κ1) is 25.0. The van der Waals surface area contributed by atoms with E-state index < -0.39 is 21.8 Å². The number of alkyl halides is 3. The van der Waals surface area contributed by atoms with Gasteiger partial charge in [0.2, 0.25) is 10.0 Å². The molecule has 2 fully saturated rings. The van der Waals surface area contributed by atoms with E-state index in [1.807, 2.05) is 11.0 Å². The van der Waals surface area contributed by atoms with Crippen LogP contribution in [0.1, 0.15) is 49.1 Å². The van der Waals surface area contributed by atoms with Crippen LogP contribution in [0, 0.1) is 0 Å². The summed E-state index contributed by atoms with van der Waals surface area (Å²) in [6.07, 6.45) is 1.30. The lowest BCUT2D eigenvalue weighted by Crippen LogP contribution is -2.48. The summed E-state index contributed by atoms with van der Waals surface area (Å²) in [6, 6.07) is 14.8. The van der Waals surface area contributed by atoms with Crippen LogP contribution in [0.3, 0.4) is 0 Å². The maximum absolute atomic E-state index is 13.0. The third-order valence-corrected chi connectivity index (χ3v) is 7.62. The molecule has 0 aromatic heterocycles. The first-order valence-corrected chi connectivity index (χ1v) is 13.6. The van der Waals surface area contributed by atoms with E-state index in [4.69, 9.17) is 4.74 Å². The third kappa shape index (κ3) is 6.31. The van der Waals surface area contributed by atoms with Crippen LogP contribution < -0.4 is 9.62 Å².